The number of unbranched alkanes of at least 4 members (excludes halogenated alkanes) is 6. The molecule has 0 saturated heterocycles. The van der Waals surface area contributed by atoms with Crippen molar-refractivity contribution in [3.63, 3.8) is 0 Å². The molecule has 1 unspecified atom stereocenters. The maximum atomic E-state index is 11.4. The van der Waals surface area contributed by atoms with Gasteiger partial charge in [-0.15, -0.1) is 0 Å². The third-order valence-corrected chi connectivity index (χ3v) is 4.12. The van der Waals surface area contributed by atoms with Crippen molar-refractivity contribution in [2.45, 2.75) is 84.2 Å². The largest absolute Gasteiger partial charge is 0.479 e. The Labute approximate surface area is 141 Å². The number of carboxylic acid groups (broad SMARTS) is 1. The van der Waals surface area contributed by atoms with Gasteiger partial charge in [0.2, 0.25) is 0 Å². The Balaban J connectivity index is 2.38. The second-order valence-electron chi connectivity index (χ2n) is 6.25. The van der Waals surface area contributed by atoms with Crippen LogP contribution in [0.2, 0.25) is 0 Å². The van der Waals surface area contributed by atoms with Gasteiger partial charge in [-0.05, 0) is 43.4 Å². The van der Waals surface area contributed by atoms with Crippen LogP contribution < -0.4 is 4.74 Å². The van der Waals surface area contributed by atoms with Gasteiger partial charge in [0.15, 0.2) is 6.10 Å². The minimum Gasteiger partial charge on any atom is -0.479 e. The second-order valence-corrected chi connectivity index (χ2v) is 6.25. The normalized spacial score (nSPS) is 12.1. The summed E-state index contributed by atoms with van der Waals surface area (Å²) >= 11 is 0. The van der Waals surface area contributed by atoms with E-state index in [0.29, 0.717) is 12.2 Å². The third-order valence-electron chi connectivity index (χ3n) is 4.12. The van der Waals surface area contributed by atoms with Crippen LogP contribution in [0.15, 0.2) is 24.3 Å². The fourth-order valence-electron chi connectivity index (χ4n) is 2.62. The van der Waals surface area contributed by atoms with E-state index >= 15 is 0 Å². The van der Waals surface area contributed by atoms with E-state index in [4.69, 9.17) is 4.74 Å². The van der Waals surface area contributed by atoms with E-state index in [1.807, 2.05) is 24.3 Å². The second kappa shape index (κ2) is 12.0. The fourth-order valence-corrected chi connectivity index (χ4v) is 2.62. The molecular formula is C20H32O3. The minimum atomic E-state index is -0.867. The number of carboxylic acids is 1. The molecule has 0 saturated carbocycles. The molecule has 1 aromatic carbocycles. The number of carbonyl (C=O) groups is 1. The molecule has 0 heterocycles. The van der Waals surface area contributed by atoms with E-state index in [0.717, 1.165) is 19.3 Å². The Morgan fingerprint density at radius 2 is 1.57 bits per heavy atom. The van der Waals surface area contributed by atoms with Crippen LogP contribution in [0.5, 0.6) is 5.75 Å². The summed E-state index contributed by atoms with van der Waals surface area (Å²) in [5.41, 5.74) is 1.28. The van der Waals surface area contributed by atoms with E-state index in [-0.39, 0.29) is 0 Å². The molecule has 0 bridgehead atoms. The first-order valence-electron chi connectivity index (χ1n) is 9.15. The highest BCUT2D eigenvalue weighted by atomic mass is 16.5. The SMILES string of the molecule is CCCCCCCCC(Oc1ccc(CCCC)cc1)C(=O)O. The van der Waals surface area contributed by atoms with Crippen molar-refractivity contribution in [2.24, 2.45) is 0 Å². The van der Waals surface area contributed by atoms with E-state index in [1.165, 1.54) is 44.1 Å². The number of ether oxygens (including phenoxy) is 1. The van der Waals surface area contributed by atoms with Gasteiger partial charge in [0.1, 0.15) is 5.75 Å². The summed E-state index contributed by atoms with van der Waals surface area (Å²) in [5.74, 6) is -0.211. The molecule has 0 aliphatic heterocycles. The summed E-state index contributed by atoms with van der Waals surface area (Å²) in [7, 11) is 0. The molecular weight excluding hydrogens is 288 g/mol. The van der Waals surface area contributed by atoms with Crippen LogP contribution in [0.1, 0.15) is 77.2 Å². The van der Waals surface area contributed by atoms with Crippen molar-refractivity contribution in [1.29, 1.82) is 0 Å². The first-order chi connectivity index (χ1) is 11.2. The van der Waals surface area contributed by atoms with Crippen molar-refractivity contribution in [3.8, 4) is 5.75 Å². The Morgan fingerprint density at radius 3 is 2.17 bits per heavy atom. The summed E-state index contributed by atoms with van der Waals surface area (Å²) in [6.07, 6.45) is 10.2. The highest BCUT2D eigenvalue weighted by molar-refractivity contribution is 5.72. The van der Waals surface area contributed by atoms with Gasteiger partial charge >= 0.3 is 5.97 Å². The molecule has 1 atom stereocenters. The van der Waals surface area contributed by atoms with Crippen molar-refractivity contribution < 1.29 is 14.6 Å². The van der Waals surface area contributed by atoms with Gasteiger partial charge in [0.25, 0.3) is 0 Å². The van der Waals surface area contributed by atoms with Crippen LogP contribution in [0.25, 0.3) is 0 Å². The van der Waals surface area contributed by atoms with Crippen molar-refractivity contribution in [2.75, 3.05) is 0 Å². The lowest BCUT2D eigenvalue weighted by atomic mass is 10.1. The average molecular weight is 320 g/mol. The molecule has 0 radical (unpaired) electrons. The molecule has 3 heteroatoms. The van der Waals surface area contributed by atoms with Gasteiger partial charge in [-0.1, -0.05) is 64.5 Å². The monoisotopic (exact) mass is 320 g/mol. The first-order valence-corrected chi connectivity index (χ1v) is 9.15. The molecule has 23 heavy (non-hydrogen) atoms. The predicted octanol–water partition coefficient (Wildman–Crippen LogP) is 5.61. The molecule has 1 N–H and O–H groups in total. The number of aryl methyl sites for hydroxylation is 1. The Morgan fingerprint density at radius 1 is 0.957 bits per heavy atom. The highest BCUT2D eigenvalue weighted by Gasteiger charge is 2.18. The molecule has 1 aromatic rings. The predicted molar refractivity (Wildman–Crippen MR) is 95.1 cm³/mol. The molecule has 0 aromatic heterocycles. The number of benzene rings is 1. The standard InChI is InChI=1S/C20H32O3/c1-3-5-7-8-9-10-12-19(20(21)22)23-18-15-13-17(14-16-18)11-6-4-2/h13-16,19H,3-12H2,1-2H3,(H,21,22). The van der Waals surface area contributed by atoms with Crippen molar-refractivity contribution in [1.82, 2.24) is 0 Å². The summed E-state index contributed by atoms with van der Waals surface area (Å²) in [5, 5.41) is 9.32. The first kappa shape index (κ1) is 19.5. The van der Waals surface area contributed by atoms with Crippen LogP contribution in [-0.2, 0) is 11.2 Å². The van der Waals surface area contributed by atoms with E-state index in [1.54, 1.807) is 0 Å². The van der Waals surface area contributed by atoms with Crippen LogP contribution >= 0.6 is 0 Å². The van der Waals surface area contributed by atoms with Gasteiger partial charge in [0.05, 0.1) is 0 Å². The zero-order chi connectivity index (χ0) is 16.9. The van der Waals surface area contributed by atoms with Crippen LogP contribution in [0, 0.1) is 0 Å². The molecule has 130 valence electrons. The molecule has 0 aliphatic carbocycles. The van der Waals surface area contributed by atoms with Crippen molar-refractivity contribution >= 4 is 5.97 Å². The van der Waals surface area contributed by atoms with E-state index in [9.17, 15) is 9.90 Å². The zero-order valence-electron chi connectivity index (χ0n) is 14.7. The van der Waals surface area contributed by atoms with Gasteiger partial charge in [-0.2, -0.15) is 0 Å². The maximum absolute atomic E-state index is 11.4. The smallest absolute Gasteiger partial charge is 0.344 e. The molecule has 3 nitrogen and oxygen atoms in total. The maximum Gasteiger partial charge on any atom is 0.344 e. The zero-order valence-corrected chi connectivity index (χ0v) is 14.7. The summed E-state index contributed by atoms with van der Waals surface area (Å²) in [6, 6.07) is 7.85. The summed E-state index contributed by atoms with van der Waals surface area (Å²) in [4.78, 5) is 11.4. The van der Waals surface area contributed by atoms with Crippen LogP contribution in [0.3, 0.4) is 0 Å². The summed E-state index contributed by atoms with van der Waals surface area (Å²) < 4.78 is 5.66. The Bertz CT molecular complexity index is 425. The summed E-state index contributed by atoms with van der Waals surface area (Å²) in [6.45, 7) is 4.37. The van der Waals surface area contributed by atoms with Crippen LogP contribution in [-0.4, -0.2) is 17.2 Å². The lowest BCUT2D eigenvalue weighted by Crippen LogP contribution is -2.26. The third kappa shape index (κ3) is 8.63. The topological polar surface area (TPSA) is 46.5 Å². The van der Waals surface area contributed by atoms with E-state index in [2.05, 4.69) is 13.8 Å². The number of hydrogen-bond donors (Lipinski definition) is 1. The minimum absolute atomic E-state index is 0.582. The Kier molecular flexibility index (Phi) is 10.2. The number of rotatable bonds is 13. The van der Waals surface area contributed by atoms with Crippen LogP contribution in [0.4, 0.5) is 0 Å². The quantitative estimate of drug-likeness (QED) is 0.480. The average Bonchev–Trinajstić information content (AvgIpc) is 2.56. The number of hydrogen-bond acceptors (Lipinski definition) is 2. The lowest BCUT2D eigenvalue weighted by molar-refractivity contribution is -0.145. The molecule has 0 spiro atoms. The van der Waals surface area contributed by atoms with Crippen molar-refractivity contribution in [3.05, 3.63) is 29.8 Å². The highest BCUT2D eigenvalue weighted by Crippen LogP contribution is 2.18. The van der Waals surface area contributed by atoms with Gasteiger partial charge in [-0.25, -0.2) is 4.79 Å². The molecule has 1 rings (SSSR count). The van der Waals surface area contributed by atoms with Gasteiger partial charge < -0.3 is 9.84 Å². The van der Waals surface area contributed by atoms with E-state index < -0.39 is 12.1 Å². The molecule has 0 aliphatic rings. The number of aliphatic carboxylic acids is 1. The Hall–Kier alpha value is -1.51. The lowest BCUT2D eigenvalue weighted by Gasteiger charge is -2.15. The van der Waals surface area contributed by atoms with Gasteiger partial charge in [-0.3, -0.25) is 0 Å². The molecule has 0 amide bonds. The van der Waals surface area contributed by atoms with Gasteiger partial charge in [0, 0.05) is 0 Å². The fraction of sp³-hybridized carbons (Fsp3) is 0.650. The molecule has 0 fully saturated rings.